The highest BCUT2D eigenvalue weighted by Crippen LogP contribution is 2.18. The van der Waals surface area contributed by atoms with E-state index in [0.29, 0.717) is 6.10 Å². The summed E-state index contributed by atoms with van der Waals surface area (Å²) in [7, 11) is 0. The van der Waals surface area contributed by atoms with E-state index in [1.165, 1.54) is 30.8 Å². The fraction of sp³-hybridized carbons (Fsp3) is 1.00. The largest absolute Gasteiger partial charge is 0.377 e. The first-order valence-corrected chi connectivity index (χ1v) is 6.03. The van der Waals surface area contributed by atoms with Crippen LogP contribution in [0.3, 0.4) is 0 Å². The van der Waals surface area contributed by atoms with Crippen molar-refractivity contribution in [2.45, 2.75) is 31.4 Å². The third-order valence-electron chi connectivity index (χ3n) is 2.59. The van der Waals surface area contributed by atoms with Gasteiger partial charge in [0.1, 0.15) is 0 Å². The van der Waals surface area contributed by atoms with E-state index in [9.17, 15) is 0 Å². The predicted molar refractivity (Wildman–Crippen MR) is 52.7 cm³/mol. The topological polar surface area (TPSA) is 21.3 Å². The van der Waals surface area contributed by atoms with E-state index in [0.717, 1.165) is 19.2 Å². The lowest BCUT2D eigenvalue weighted by Crippen LogP contribution is -2.35. The number of ether oxygens (including phenoxy) is 1. The highest BCUT2D eigenvalue weighted by atomic mass is 32.2. The monoisotopic (exact) mass is 187 g/mol. The Morgan fingerprint density at radius 1 is 1.42 bits per heavy atom. The highest BCUT2D eigenvalue weighted by molar-refractivity contribution is 7.99. The molecule has 12 heavy (non-hydrogen) atoms. The van der Waals surface area contributed by atoms with E-state index in [-0.39, 0.29) is 0 Å². The summed E-state index contributed by atoms with van der Waals surface area (Å²) >= 11 is 2.06. The number of nitrogens with one attached hydrogen (secondary N) is 1. The molecular formula is C9H17NOS. The zero-order chi connectivity index (χ0) is 8.23. The standard InChI is InChI=1S/C9H17NOS/c1-2-9(11-4-1)6-10-8-3-5-12-7-8/h8-10H,1-7H2. The first-order chi connectivity index (χ1) is 5.95. The Kier molecular flexibility index (Phi) is 3.31. The average Bonchev–Trinajstić information content (AvgIpc) is 2.74. The highest BCUT2D eigenvalue weighted by Gasteiger charge is 2.19. The number of hydrogen-bond acceptors (Lipinski definition) is 3. The molecule has 0 aromatic carbocycles. The Hall–Kier alpha value is 0.270. The molecule has 2 atom stereocenters. The summed E-state index contributed by atoms with van der Waals surface area (Å²) < 4.78 is 5.54. The summed E-state index contributed by atoms with van der Waals surface area (Å²) in [5.74, 6) is 2.63. The maximum atomic E-state index is 5.54. The van der Waals surface area contributed by atoms with Crippen LogP contribution in [0.4, 0.5) is 0 Å². The zero-order valence-electron chi connectivity index (χ0n) is 7.42. The minimum atomic E-state index is 0.510. The molecule has 2 heterocycles. The van der Waals surface area contributed by atoms with Crippen LogP contribution < -0.4 is 5.32 Å². The van der Waals surface area contributed by atoms with Crippen LogP contribution in [0.5, 0.6) is 0 Å². The SMILES string of the molecule is C1COC(CNC2CCSC2)C1. The molecule has 2 nitrogen and oxygen atoms in total. The second-order valence-corrected chi connectivity index (χ2v) is 4.75. The molecule has 0 aromatic heterocycles. The Labute approximate surface area is 78.4 Å². The van der Waals surface area contributed by atoms with Gasteiger partial charge in [-0.05, 0) is 25.0 Å². The first kappa shape index (κ1) is 8.85. The Bertz CT molecular complexity index is 114. The fourth-order valence-corrected chi connectivity index (χ4v) is 2.99. The maximum Gasteiger partial charge on any atom is 0.0700 e. The van der Waals surface area contributed by atoms with Gasteiger partial charge in [-0.15, -0.1) is 0 Å². The van der Waals surface area contributed by atoms with E-state index in [2.05, 4.69) is 17.1 Å². The molecule has 2 unspecified atom stereocenters. The summed E-state index contributed by atoms with van der Waals surface area (Å²) in [6, 6.07) is 0.763. The molecule has 3 heteroatoms. The van der Waals surface area contributed by atoms with Crippen LogP contribution in [0.1, 0.15) is 19.3 Å². The molecule has 2 saturated heterocycles. The van der Waals surface area contributed by atoms with Crippen molar-refractivity contribution in [3.8, 4) is 0 Å². The van der Waals surface area contributed by atoms with Gasteiger partial charge < -0.3 is 10.1 Å². The lowest BCUT2D eigenvalue weighted by Gasteiger charge is -2.14. The van der Waals surface area contributed by atoms with Gasteiger partial charge in [0.25, 0.3) is 0 Å². The average molecular weight is 187 g/mol. The van der Waals surface area contributed by atoms with Crippen molar-refractivity contribution in [2.24, 2.45) is 0 Å². The van der Waals surface area contributed by atoms with Crippen LogP contribution in [0, 0.1) is 0 Å². The molecule has 1 N–H and O–H groups in total. The molecule has 0 aromatic rings. The van der Waals surface area contributed by atoms with Gasteiger partial charge in [0.15, 0.2) is 0 Å². The molecule has 0 amide bonds. The molecule has 0 radical (unpaired) electrons. The molecule has 2 aliphatic heterocycles. The molecule has 0 bridgehead atoms. The van der Waals surface area contributed by atoms with Gasteiger partial charge in [-0.3, -0.25) is 0 Å². The molecule has 70 valence electrons. The summed E-state index contributed by atoms with van der Waals surface area (Å²) in [6.07, 6.45) is 4.37. The van der Waals surface area contributed by atoms with Gasteiger partial charge >= 0.3 is 0 Å². The van der Waals surface area contributed by atoms with Crippen molar-refractivity contribution in [1.29, 1.82) is 0 Å². The summed E-state index contributed by atoms with van der Waals surface area (Å²) in [6.45, 7) is 2.05. The zero-order valence-corrected chi connectivity index (χ0v) is 8.24. The van der Waals surface area contributed by atoms with E-state index >= 15 is 0 Å². The molecule has 0 saturated carbocycles. The molecule has 0 spiro atoms. The van der Waals surface area contributed by atoms with E-state index < -0.39 is 0 Å². The number of rotatable bonds is 3. The molecule has 2 fully saturated rings. The van der Waals surface area contributed by atoms with Crippen molar-refractivity contribution in [3.63, 3.8) is 0 Å². The van der Waals surface area contributed by atoms with Crippen LogP contribution >= 0.6 is 11.8 Å². The minimum absolute atomic E-state index is 0.510. The van der Waals surface area contributed by atoms with Gasteiger partial charge in [-0.1, -0.05) is 0 Å². The smallest absolute Gasteiger partial charge is 0.0700 e. The molecule has 0 aliphatic carbocycles. The van der Waals surface area contributed by atoms with E-state index in [1.54, 1.807) is 0 Å². The number of hydrogen-bond donors (Lipinski definition) is 1. The first-order valence-electron chi connectivity index (χ1n) is 4.88. The Balaban J connectivity index is 1.60. The van der Waals surface area contributed by atoms with Crippen LogP contribution in [0.2, 0.25) is 0 Å². The van der Waals surface area contributed by atoms with Gasteiger partial charge in [-0.25, -0.2) is 0 Å². The van der Waals surface area contributed by atoms with Crippen LogP contribution in [-0.4, -0.2) is 36.8 Å². The van der Waals surface area contributed by atoms with Crippen molar-refractivity contribution >= 4 is 11.8 Å². The van der Waals surface area contributed by atoms with Gasteiger partial charge in [-0.2, -0.15) is 11.8 Å². The van der Waals surface area contributed by atoms with Gasteiger partial charge in [0.05, 0.1) is 6.10 Å². The van der Waals surface area contributed by atoms with Crippen molar-refractivity contribution in [1.82, 2.24) is 5.32 Å². The molecule has 2 rings (SSSR count). The Morgan fingerprint density at radius 3 is 3.08 bits per heavy atom. The third kappa shape index (κ3) is 2.38. The summed E-state index contributed by atoms with van der Waals surface area (Å²) in [4.78, 5) is 0. The van der Waals surface area contributed by atoms with Gasteiger partial charge in [0.2, 0.25) is 0 Å². The normalized spacial score (nSPS) is 36.0. The lowest BCUT2D eigenvalue weighted by atomic mass is 10.2. The molecular weight excluding hydrogens is 170 g/mol. The quantitative estimate of drug-likeness (QED) is 0.719. The van der Waals surface area contributed by atoms with E-state index in [4.69, 9.17) is 4.74 Å². The second kappa shape index (κ2) is 4.49. The minimum Gasteiger partial charge on any atom is -0.377 e. The number of thioether (sulfide) groups is 1. The summed E-state index contributed by atoms with van der Waals surface area (Å²) in [5, 5.41) is 3.58. The van der Waals surface area contributed by atoms with Crippen molar-refractivity contribution in [3.05, 3.63) is 0 Å². The van der Waals surface area contributed by atoms with Crippen molar-refractivity contribution in [2.75, 3.05) is 24.7 Å². The lowest BCUT2D eigenvalue weighted by molar-refractivity contribution is 0.108. The van der Waals surface area contributed by atoms with Crippen LogP contribution in [-0.2, 0) is 4.74 Å². The van der Waals surface area contributed by atoms with Crippen LogP contribution in [0.25, 0.3) is 0 Å². The maximum absolute atomic E-state index is 5.54. The Morgan fingerprint density at radius 2 is 2.42 bits per heavy atom. The van der Waals surface area contributed by atoms with Crippen molar-refractivity contribution < 1.29 is 4.74 Å². The third-order valence-corrected chi connectivity index (χ3v) is 3.75. The predicted octanol–water partition coefficient (Wildman–Crippen LogP) is 1.26. The summed E-state index contributed by atoms with van der Waals surface area (Å²) in [5.41, 5.74) is 0. The van der Waals surface area contributed by atoms with E-state index in [1.807, 2.05) is 0 Å². The second-order valence-electron chi connectivity index (χ2n) is 3.60. The van der Waals surface area contributed by atoms with Gasteiger partial charge in [0, 0.05) is 24.9 Å². The molecule has 2 aliphatic rings. The fourth-order valence-electron chi connectivity index (χ4n) is 1.80. The van der Waals surface area contributed by atoms with Crippen LogP contribution in [0.15, 0.2) is 0 Å².